The fraction of sp³-hybridized carbons (Fsp3) is 0.692. The highest BCUT2D eigenvalue weighted by Crippen LogP contribution is 2.24. The number of rotatable bonds is 3. The second-order valence-electron chi connectivity index (χ2n) is 5.36. The van der Waals surface area contributed by atoms with E-state index in [1.54, 1.807) is 11.3 Å². The maximum absolute atomic E-state index is 6.48. The summed E-state index contributed by atoms with van der Waals surface area (Å²) in [4.78, 5) is 2.46. The minimum absolute atomic E-state index is 0.185. The van der Waals surface area contributed by atoms with Crippen LogP contribution >= 0.6 is 11.3 Å². The summed E-state index contributed by atoms with van der Waals surface area (Å²) >= 11 is 1.75. The first-order chi connectivity index (χ1) is 7.58. The fourth-order valence-electron chi connectivity index (χ4n) is 2.57. The van der Waals surface area contributed by atoms with E-state index in [2.05, 4.69) is 35.6 Å². The topological polar surface area (TPSA) is 29.3 Å². The van der Waals surface area contributed by atoms with Gasteiger partial charge in [0.05, 0.1) is 5.66 Å². The molecular formula is C13H22N2S. The van der Waals surface area contributed by atoms with Gasteiger partial charge in [0.25, 0.3) is 0 Å². The summed E-state index contributed by atoms with van der Waals surface area (Å²) in [7, 11) is 0. The lowest BCUT2D eigenvalue weighted by Crippen LogP contribution is -2.58. The van der Waals surface area contributed by atoms with Gasteiger partial charge >= 0.3 is 0 Å². The lowest BCUT2D eigenvalue weighted by molar-refractivity contribution is 0.0628. The highest BCUT2D eigenvalue weighted by atomic mass is 32.1. The van der Waals surface area contributed by atoms with E-state index in [1.165, 1.54) is 18.4 Å². The van der Waals surface area contributed by atoms with Crippen LogP contribution in [0.2, 0.25) is 0 Å². The molecule has 0 saturated carbocycles. The molecule has 2 rings (SSSR count). The van der Waals surface area contributed by atoms with Gasteiger partial charge in [-0.25, -0.2) is 0 Å². The van der Waals surface area contributed by atoms with Gasteiger partial charge in [-0.05, 0) is 54.6 Å². The first kappa shape index (κ1) is 12.1. The lowest BCUT2D eigenvalue weighted by atomic mass is 9.94. The second-order valence-corrected chi connectivity index (χ2v) is 6.14. The van der Waals surface area contributed by atoms with Crippen LogP contribution in [-0.2, 0) is 6.42 Å². The fourth-order valence-corrected chi connectivity index (χ4v) is 3.24. The lowest BCUT2D eigenvalue weighted by Gasteiger charge is -2.42. The van der Waals surface area contributed by atoms with Gasteiger partial charge in [0.15, 0.2) is 0 Å². The van der Waals surface area contributed by atoms with Crippen LogP contribution < -0.4 is 5.73 Å². The number of nitrogens with two attached hydrogens (primary N) is 1. The van der Waals surface area contributed by atoms with Crippen molar-refractivity contribution in [3.63, 3.8) is 0 Å². The van der Waals surface area contributed by atoms with Crippen molar-refractivity contribution in [3.8, 4) is 0 Å². The SMILES string of the molecule is CC1CCCN(C(C)(N)Cc2ccsc2)C1. The minimum Gasteiger partial charge on any atom is -0.313 e. The second kappa shape index (κ2) is 4.86. The molecule has 0 spiro atoms. The van der Waals surface area contributed by atoms with Gasteiger partial charge in [-0.1, -0.05) is 6.92 Å². The molecule has 2 unspecified atom stereocenters. The van der Waals surface area contributed by atoms with E-state index in [4.69, 9.17) is 5.73 Å². The predicted molar refractivity (Wildman–Crippen MR) is 70.6 cm³/mol. The molecule has 1 aromatic rings. The Morgan fingerprint density at radius 1 is 1.62 bits per heavy atom. The molecule has 3 heteroatoms. The molecule has 0 radical (unpaired) electrons. The molecule has 0 aliphatic carbocycles. The average molecular weight is 238 g/mol. The highest BCUT2D eigenvalue weighted by molar-refractivity contribution is 7.07. The number of thiophene rings is 1. The normalized spacial score (nSPS) is 26.6. The zero-order valence-corrected chi connectivity index (χ0v) is 11.1. The summed E-state index contributed by atoms with van der Waals surface area (Å²) in [6.45, 7) is 6.80. The molecule has 1 aliphatic heterocycles. The van der Waals surface area contributed by atoms with Crippen LogP contribution in [-0.4, -0.2) is 23.7 Å². The molecule has 1 aromatic heterocycles. The molecule has 2 atom stereocenters. The first-order valence-electron chi connectivity index (χ1n) is 6.13. The zero-order valence-electron chi connectivity index (χ0n) is 10.3. The van der Waals surface area contributed by atoms with Gasteiger partial charge in [-0.2, -0.15) is 11.3 Å². The zero-order chi connectivity index (χ0) is 11.6. The van der Waals surface area contributed by atoms with E-state index < -0.39 is 0 Å². The summed E-state index contributed by atoms with van der Waals surface area (Å²) in [6, 6.07) is 2.18. The first-order valence-corrected chi connectivity index (χ1v) is 7.07. The quantitative estimate of drug-likeness (QED) is 0.877. The van der Waals surface area contributed by atoms with E-state index >= 15 is 0 Å². The summed E-state index contributed by atoms with van der Waals surface area (Å²) in [6.07, 6.45) is 3.60. The smallest absolute Gasteiger partial charge is 0.0699 e. The van der Waals surface area contributed by atoms with Crippen molar-refractivity contribution >= 4 is 11.3 Å². The largest absolute Gasteiger partial charge is 0.313 e. The molecule has 0 amide bonds. The number of hydrogen-bond acceptors (Lipinski definition) is 3. The van der Waals surface area contributed by atoms with E-state index in [0.29, 0.717) is 0 Å². The van der Waals surface area contributed by atoms with E-state index in [9.17, 15) is 0 Å². The summed E-state index contributed by atoms with van der Waals surface area (Å²) in [5.41, 5.74) is 7.66. The third-order valence-corrected chi connectivity index (χ3v) is 4.25. The van der Waals surface area contributed by atoms with Crippen molar-refractivity contribution < 1.29 is 0 Å². The minimum atomic E-state index is -0.185. The van der Waals surface area contributed by atoms with Gasteiger partial charge in [-0.15, -0.1) is 0 Å². The van der Waals surface area contributed by atoms with Crippen molar-refractivity contribution in [2.24, 2.45) is 11.7 Å². The molecule has 1 aliphatic rings. The maximum atomic E-state index is 6.48. The Hall–Kier alpha value is -0.380. The van der Waals surface area contributed by atoms with Gasteiger partial charge in [0.1, 0.15) is 0 Å². The van der Waals surface area contributed by atoms with Crippen LogP contribution in [0.25, 0.3) is 0 Å². The predicted octanol–water partition coefficient (Wildman–Crippen LogP) is 2.70. The molecule has 1 fully saturated rings. The van der Waals surface area contributed by atoms with E-state index in [1.807, 2.05) is 0 Å². The molecule has 2 heterocycles. The van der Waals surface area contributed by atoms with Crippen LogP contribution in [0.1, 0.15) is 32.3 Å². The average Bonchev–Trinajstić information content (AvgIpc) is 2.70. The van der Waals surface area contributed by atoms with Crippen LogP contribution in [0.4, 0.5) is 0 Å². The Bertz CT molecular complexity index is 319. The number of hydrogen-bond donors (Lipinski definition) is 1. The Balaban J connectivity index is 2.00. The number of likely N-dealkylation sites (tertiary alicyclic amines) is 1. The van der Waals surface area contributed by atoms with Gasteiger partial charge in [-0.3, -0.25) is 4.90 Å². The van der Waals surface area contributed by atoms with Crippen molar-refractivity contribution in [1.82, 2.24) is 4.90 Å². The van der Waals surface area contributed by atoms with Crippen LogP contribution in [0.3, 0.4) is 0 Å². The molecular weight excluding hydrogens is 216 g/mol. The standard InChI is InChI=1S/C13H22N2S/c1-11-4-3-6-15(9-11)13(2,14)8-12-5-7-16-10-12/h5,7,10-11H,3-4,6,8-9,14H2,1-2H3. The molecule has 0 bridgehead atoms. The molecule has 2 nitrogen and oxygen atoms in total. The van der Waals surface area contributed by atoms with Crippen molar-refractivity contribution in [3.05, 3.63) is 22.4 Å². The molecule has 90 valence electrons. The number of nitrogens with zero attached hydrogens (tertiary/aromatic N) is 1. The summed E-state index contributed by atoms with van der Waals surface area (Å²) < 4.78 is 0. The molecule has 2 N–H and O–H groups in total. The molecule has 1 saturated heterocycles. The third kappa shape index (κ3) is 2.84. The molecule has 0 aromatic carbocycles. The third-order valence-electron chi connectivity index (χ3n) is 3.52. The van der Waals surface area contributed by atoms with Crippen molar-refractivity contribution in [1.29, 1.82) is 0 Å². The van der Waals surface area contributed by atoms with E-state index in [0.717, 1.165) is 25.4 Å². The summed E-state index contributed by atoms with van der Waals surface area (Å²) in [5.74, 6) is 0.791. The van der Waals surface area contributed by atoms with Gasteiger partial charge in [0.2, 0.25) is 0 Å². The Labute approximate surface area is 102 Å². The highest BCUT2D eigenvalue weighted by Gasteiger charge is 2.30. The van der Waals surface area contributed by atoms with Crippen LogP contribution in [0.5, 0.6) is 0 Å². The molecule has 16 heavy (non-hydrogen) atoms. The monoisotopic (exact) mass is 238 g/mol. The van der Waals surface area contributed by atoms with Gasteiger partial charge < -0.3 is 5.73 Å². The Morgan fingerprint density at radius 2 is 2.44 bits per heavy atom. The van der Waals surface area contributed by atoms with E-state index in [-0.39, 0.29) is 5.66 Å². The van der Waals surface area contributed by atoms with Crippen molar-refractivity contribution in [2.45, 2.75) is 38.8 Å². The van der Waals surface area contributed by atoms with Gasteiger partial charge in [0, 0.05) is 13.0 Å². The Morgan fingerprint density at radius 3 is 3.06 bits per heavy atom. The van der Waals surface area contributed by atoms with Crippen molar-refractivity contribution in [2.75, 3.05) is 13.1 Å². The Kier molecular flexibility index (Phi) is 3.67. The van der Waals surface area contributed by atoms with Crippen LogP contribution in [0, 0.1) is 5.92 Å². The van der Waals surface area contributed by atoms with Crippen LogP contribution in [0.15, 0.2) is 16.8 Å². The maximum Gasteiger partial charge on any atom is 0.0699 e. The summed E-state index contributed by atoms with van der Waals surface area (Å²) in [5, 5.41) is 4.34. The number of piperidine rings is 1.